The van der Waals surface area contributed by atoms with Crippen LogP contribution in [0, 0.1) is 12.8 Å². The van der Waals surface area contributed by atoms with E-state index in [2.05, 4.69) is 6.07 Å². The van der Waals surface area contributed by atoms with E-state index >= 15 is 0 Å². The number of rotatable bonds is 16. The Morgan fingerprint density at radius 3 is 2.31 bits per heavy atom. The van der Waals surface area contributed by atoms with Gasteiger partial charge in [-0.25, -0.2) is 9.69 Å². The molecule has 2 amide bonds. The summed E-state index contributed by atoms with van der Waals surface area (Å²) in [5.74, 6) is -1.23. The van der Waals surface area contributed by atoms with Crippen molar-refractivity contribution in [2.75, 3.05) is 13.2 Å². The Balaban J connectivity index is 1.44. The Morgan fingerprint density at radius 1 is 0.929 bits per heavy atom. The monoisotopic (exact) mass is 573 g/mol. The third-order valence-electron chi connectivity index (χ3n) is 7.97. The van der Waals surface area contributed by atoms with Gasteiger partial charge >= 0.3 is 6.09 Å². The summed E-state index contributed by atoms with van der Waals surface area (Å²) in [7, 11) is 0. The summed E-state index contributed by atoms with van der Waals surface area (Å²) in [4.78, 5) is 40.7. The van der Waals surface area contributed by atoms with Gasteiger partial charge in [0, 0.05) is 18.6 Å². The molecule has 0 unspecified atom stereocenters. The molecule has 42 heavy (non-hydrogen) atoms. The molecule has 7 heteroatoms. The molecule has 2 heterocycles. The maximum Gasteiger partial charge on any atom is 0.417 e. The highest BCUT2D eigenvalue weighted by Gasteiger charge is 2.42. The molecule has 0 saturated carbocycles. The molecule has 7 nitrogen and oxygen atoms in total. The highest BCUT2D eigenvalue weighted by molar-refractivity contribution is 6.12. The molecule has 3 aromatic rings. The number of aliphatic hydroxyl groups excluding tert-OH is 1. The smallest absolute Gasteiger partial charge is 0.417 e. The van der Waals surface area contributed by atoms with Crippen molar-refractivity contribution in [1.82, 2.24) is 4.90 Å². The van der Waals surface area contributed by atoms with Crippen molar-refractivity contribution in [3.8, 4) is 11.1 Å². The van der Waals surface area contributed by atoms with Crippen molar-refractivity contribution in [2.45, 2.75) is 84.1 Å². The van der Waals surface area contributed by atoms with Crippen LogP contribution >= 0.6 is 0 Å². The number of carbonyl (C=O) groups is 3. The summed E-state index contributed by atoms with van der Waals surface area (Å²) in [5, 5.41) is 8.91. The van der Waals surface area contributed by atoms with Crippen LogP contribution in [0.2, 0.25) is 0 Å². The SMILES string of the molecule is Cc1cccc(-c2cc(C(=O)[C@@H](C)C(=O)N3C(=O)OC[C@H]3Cc3ccccc3)oc2CCCCCCCCCCO)c1. The number of unbranched alkanes of at least 4 members (excludes halogenated alkanes) is 7. The van der Waals surface area contributed by atoms with E-state index in [1.165, 1.54) is 19.8 Å². The van der Waals surface area contributed by atoms with Crippen molar-refractivity contribution in [3.05, 3.63) is 83.3 Å². The number of hydrogen-bond acceptors (Lipinski definition) is 6. The van der Waals surface area contributed by atoms with E-state index in [-0.39, 0.29) is 19.0 Å². The lowest BCUT2D eigenvalue weighted by atomic mass is 9.98. The van der Waals surface area contributed by atoms with E-state index in [4.69, 9.17) is 14.3 Å². The summed E-state index contributed by atoms with van der Waals surface area (Å²) in [5.41, 5.74) is 3.93. The lowest BCUT2D eigenvalue weighted by Gasteiger charge is -2.22. The quantitative estimate of drug-likeness (QED) is 0.110. The Hall–Kier alpha value is -3.71. The lowest BCUT2D eigenvalue weighted by Crippen LogP contribution is -2.44. The summed E-state index contributed by atoms with van der Waals surface area (Å²) in [6.45, 7) is 3.93. The topological polar surface area (TPSA) is 97.1 Å². The number of furan rings is 1. The average Bonchev–Trinajstić information content (AvgIpc) is 3.59. The molecule has 1 aliphatic heterocycles. The van der Waals surface area contributed by atoms with Gasteiger partial charge in [-0.05, 0) is 50.3 Å². The van der Waals surface area contributed by atoms with Crippen LogP contribution in [0.1, 0.15) is 85.7 Å². The number of amides is 2. The molecule has 0 aliphatic carbocycles. The number of ketones is 1. The van der Waals surface area contributed by atoms with Crippen LogP contribution < -0.4 is 0 Å². The number of benzene rings is 2. The van der Waals surface area contributed by atoms with E-state index in [1.54, 1.807) is 6.07 Å². The number of hydrogen-bond donors (Lipinski definition) is 1. The summed E-state index contributed by atoms with van der Waals surface area (Å²) >= 11 is 0. The first-order valence-electron chi connectivity index (χ1n) is 15.3. The first-order chi connectivity index (χ1) is 20.4. The second-order valence-electron chi connectivity index (χ2n) is 11.3. The van der Waals surface area contributed by atoms with Crippen LogP contribution in [0.5, 0.6) is 0 Å². The highest BCUT2D eigenvalue weighted by Crippen LogP contribution is 2.31. The normalized spacial score (nSPS) is 15.5. The fourth-order valence-corrected chi connectivity index (χ4v) is 5.55. The van der Waals surface area contributed by atoms with Gasteiger partial charge in [0.2, 0.25) is 11.7 Å². The maximum absolute atomic E-state index is 13.6. The molecule has 0 radical (unpaired) electrons. The van der Waals surface area contributed by atoms with Crippen molar-refractivity contribution >= 4 is 17.8 Å². The standard InChI is InChI=1S/C35H43NO6/c1-25-15-14-18-28(21-25)30-23-32(42-31(30)19-12-7-5-3-4-6-8-13-20-37)33(38)26(2)34(39)36-29(24-41-35(36)40)22-27-16-10-9-11-17-27/h9-11,14-18,21,23,26,29,37H,3-8,12-13,19-20,22,24H2,1-2H3/t26-,29-/m1/s1. The zero-order valence-corrected chi connectivity index (χ0v) is 24.8. The van der Waals surface area contributed by atoms with Crippen molar-refractivity contribution in [2.24, 2.45) is 5.92 Å². The van der Waals surface area contributed by atoms with E-state index < -0.39 is 29.7 Å². The predicted molar refractivity (Wildman–Crippen MR) is 162 cm³/mol. The number of carbonyl (C=O) groups excluding carboxylic acids is 3. The van der Waals surface area contributed by atoms with Gasteiger partial charge in [-0.1, -0.05) is 98.7 Å². The van der Waals surface area contributed by atoms with Crippen molar-refractivity contribution < 1.29 is 28.6 Å². The number of aliphatic hydroxyl groups is 1. The molecule has 224 valence electrons. The Bertz CT molecular complexity index is 1330. The van der Waals surface area contributed by atoms with Gasteiger partial charge in [0.1, 0.15) is 18.3 Å². The number of ether oxygens (including phenoxy) is 1. The van der Waals surface area contributed by atoms with Crippen molar-refractivity contribution in [3.63, 3.8) is 0 Å². The Morgan fingerprint density at radius 2 is 1.62 bits per heavy atom. The van der Waals surface area contributed by atoms with Gasteiger partial charge < -0.3 is 14.3 Å². The zero-order valence-electron chi connectivity index (χ0n) is 24.8. The molecule has 1 fully saturated rings. The van der Waals surface area contributed by atoms with Gasteiger partial charge in [-0.3, -0.25) is 9.59 Å². The molecule has 0 bridgehead atoms. The number of aryl methyl sites for hydroxylation is 2. The van der Waals surface area contributed by atoms with Gasteiger partial charge in [-0.15, -0.1) is 0 Å². The molecule has 2 atom stereocenters. The van der Waals surface area contributed by atoms with E-state index in [0.717, 1.165) is 71.4 Å². The average molecular weight is 574 g/mol. The molecule has 0 spiro atoms. The first kappa shape index (κ1) is 31.2. The minimum atomic E-state index is -1.09. The largest absolute Gasteiger partial charge is 0.457 e. The van der Waals surface area contributed by atoms with E-state index in [1.807, 2.05) is 55.5 Å². The molecule has 1 aromatic heterocycles. The van der Waals surface area contributed by atoms with Gasteiger partial charge in [0.05, 0.1) is 6.04 Å². The van der Waals surface area contributed by atoms with Crippen LogP contribution in [0.15, 0.2) is 65.1 Å². The summed E-state index contributed by atoms with van der Waals surface area (Å²) < 4.78 is 11.4. The van der Waals surface area contributed by atoms with Crippen LogP contribution in [0.25, 0.3) is 11.1 Å². The van der Waals surface area contributed by atoms with Gasteiger partial charge in [0.25, 0.3) is 0 Å². The number of cyclic esters (lactones) is 1. The van der Waals surface area contributed by atoms with Gasteiger partial charge in [-0.2, -0.15) is 0 Å². The minimum Gasteiger partial charge on any atom is -0.457 e. The summed E-state index contributed by atoms with van der Waals surface area (Å²) in [6.07, 6.45) is 9.03. The van der Waals surface area contributed by atoms with Crippen LogP contribution in [-0.4, -0.2) is 47.0 Å². The minimum absolute atomic E-state index is 0.103. The van der Waals surface area contributed by atoms with Crippen LogP contribution in [0.3, 0.4) is 0 Å². The van der Waals surface area contributed by atoms with Crippen molar-refractivity contribution in [1.29, 1.82) is 0 Å². The van der Waals surface area contributed by atoms with Gasteiger partial charge in [0.15, 0.2) is 5.76 Å². The number of imide groups is 1. The highest BCUT2D eigenvalue weighted by atomic mass is 16.6. The lowest BCUT2D eigenvalue weighted by molar-refractivity contribution is -0.131. The fraction of sp³-hybridized carbons (Fsp3) is 0.457. The Kier molecular flexibility index (Phi) is 11.5. The van der Waals surface area contributed by atoms with E-state index in [9.17, 15) is 14.4 Å². The van der Waals surface area contributed by atoms with Crippen LogP contribution in [0.4, 0.5) is 4.79 Å². The molecule has 4 rings (SSSR count). The second kappa shape index (κ2) is 15.5. The zero-order chi connectivity index (χ0) is 29.9. The number of nitrogens with zero attached hydrogens (tertiary/aromatic N) is 1. The first-order valence-corrected chi connectivity index (χ1v) is 15.3. The third kappa shape index (κ3) is 8.19. The number of Topliss-reactive ketones (excluding diaryl/α,β-unsaturated/α-hetero) is 1. The van der Waals surface area contributed by atoms with E-state index in [0.29, 0.717) is 12.8 Å². The molecular weight excluding hydrogens is 530 g/mol. The molecular formula is C35H43NO6. The predicted octanol–water partition coefficient (Wildman–Crippen LogP) is 7.32. The third-order valence-corrected chi connectivity index (χ3v) is 7.97. The molecule has 1 N–H and O–H groups in total. The second-order valence-corrected chi connectivity index (χ2v) is 11.3. The van der Waals surface area contributed by atoms with Crippen LogP contribution in [-0.2, 0) is 22.4 Å². The Labute approximate surface area is 248 Å². The molecule has 1 aliphatic rings. The summed E-state index contributed by atoms with van der Waals surface area (Å²) in [6, 6.07) is 19.0. The fourth-order valence-electron chi connectivity index (χ4n) is 5.55. The molecule has 1 saturated heterocycles. The maximum atomic E-state index is 13.6. The molecule has 2 aromatic carbocycles.